The van der Waals surface area contributed by atoms with Gasteiger partial charge in [-0.3, -0.25) is 0 Å². The van der Waals surface area contributed by atoms with Gasteiger partial charge in [-0.1, -0.05) is 0 Å². The van der Waals surface area contributed by atoms with E-state index in [1.165, 1.54) is 7.76 Å². The zero-order chi connectivity index (χ0) is 5.98. The first-order valence-corrected chi connectivity index (χ1v) is 4.47. The van der Waals surface area contributed by atoms with E-state index in [4.69, 9.17) is 0 Å². The van der Waals surface area contributed by atoms with Gasteiger partial charge >= 0.3 is 67.0 Å². The number of hydrogen-bond acceptors (Lipinski definition) is 2. The van der Waals surface area contributed by atoms with E-state index < -0.39 is 0 Å². The van der Waals surface area contributed by atoms with E-state index in [1.54, 1.807) is 0 Å². The zero-order valence-corrected chi connectivity index (χ0v) is 6.60. The van der Waals surface area contributed by atoms with Crippen molar-refractivity contribution in [2.75, 3.05) is 6.26 Å². The third kappa shape index (κ3) is 1.56. The van der Waals surface area contributed by atoms with Crippen LogP contribution < -0.4 is 3.55 Å². The van der Waals surface area contributed by atoms with Gasteiger partial charge in [0.25, 0.3) is 0 Å². The summed E-state index contributed by atoms with van der Waals surface area (Å²) < 4.78 is 2.80. The number of thioether (sulfide) groups is 1. The van der Waals surface area contributed by atoms with Crippen molar-refractivity contribution in [3.63, 3.8) is 0 Å². The predicted octanol–water partition coefficient (Wildman–Crippen LogP) is 1.26. The predicted molar refractivity (Wildman–Crippen MR) is 41.5 cm³/mol. The first kappa shape index (κ1) is 6.76. The van der Waals surface area contributed by atoms with Gasteiger partial charge in [0, 0.05) is 0 Å². The number of hydrogen-bond donors (Lipinski definition) is 0. The molecule has 1 aromatic rings. The van der Waals surface area contributed by atoms with Crippen LogP contribution in [0.4, 0.5) is 0 Å². The fraction of sp³-hybridized carbons (Fsp3) is 0.200. The molecule has 3 heteroatoms. The van der Waals surface area contributed by atoms with Gasteiger partial charge in [-0.05, 0) is 0 Å². The monoisotopic (exact) mass is 136 g/mol. The molecule has 0 aromatic carbocycles. The molecule has 0 aliphatic heterocycles. The van der Waals surface area contributed by atoms with Gasteiger partial charge in [-0.25, -0.2) is 0 Å². The normalized spacial score (nSPS) is 9.88. The van der Waals surface area contributed by atoms with E-state index >= 15 is 0 Å². The average molecular weight is 136 g/mol. The molecule has 0 bridgehead atoms. The summed E-state index contributed by atoms with van der Waals surface area (Å²) in [4.78, 5) is 0. The molecule has 0 radical (unpaired) electrons. The first-order chi connectivity index (χ1) is 3.83. The molecule has 0 spiro atoms. The quantitative estimate of drug-likeness (QED) is 0.414. The van der Waals surface area contributed by atoms with E-state index in [0.717, 1.165) is 0 Å². The molecule has 0 amide bonds. The molecule has 1 heterocycles. The van der Waals surface area contributed by atoms with E-state index in [0.29, 0.717) is 0 Å². The fourth-order valence-corrected chi connectivity index (χ4v) is 2.04. The van der Waals surface area contributed by atoms with Crippen LogP contribution in [0.25, 0.3) is 0 Å². The Morgan fingerprint density at radius 2 is 2.38 bits per heavy atom. The number of thiophene rings is 1. The van der Waals surface area contributed by atoms with Crippen LogP contribution in [-0.4, -0.2) is 24.0 Å². The summed E-state index contributed by atoms with van der Waals surface area (Å²) >= 11 is 5.79. The van der Waals surface area contributed by atoms with Gasteiger partial charge in [0.15, 0.2) is 0 Å². The Hall–Kier alpha value is 0.647. The van der Waals surface area contributed by atoms with Gasteiger partial charge in [0.2, 0.25) is 0 Å². The maximum atomic E-state index is 2.16. The Kier molecular flexibility index (Phi) is 2.52. The van der Waals surface area contributed by atoms with Gasteiger partial charge in [0.1, 0.15) is 0 Å². The van der Waals surface area contributed by atoms with E-state index in [-0.39, 0.29) is 0 Å². The molecule has 0 nitrogen and oxygen atoms in total. The van der Waals surface area contributed by atoms with Crippen molar-refractivity contribution in [2.45, 2.75) is 4.21 Å². The zero-order valence-electron chi connectivity index (χ0n) is 4.97. The molecule has 0 saturated heterocycles. The van der Waals surface area contributed by atoms with Crippen LogP contribution in [0.5, 0.6) is 0 Å². The van der Waals surface area contributed by atoms with Crippen molar-refractivity contribution >= 4 is 44.4 Å². The standard InChI is InChI=1S/C5H5S2.Li/c1-6-5-3-2-4-7-5;/h2-3H,1H3;. The Balaban J connectivity index is 2.84. The minimum atomic E-state index is 1.40. The third-order valence-corrected chi connectivity index (χ3v) is 3.00. The van der Waals surface area contributed by atoms with E-state index in [2.05, 4.69) is 36.1 Å². The van der Waals surface area contributed by atoms with E-state index in [9.17, 15) is 0 Å². The summed E-state index contributed by atoms with van der Waals surface area (Å²) in [5.74, 6) is 0. The van der Waals surface area contributed by atoms with Crippen molar-refractivity contribution in [3.8, 4) is 0 Å². The van der Waals surface area contributed by atoms with Gasteiger partial charge in [-0.2, -0.15) is 0 Å². The van der Waals surface area contributed by atoms with Crippen LogP contribution >= 0.6 is 23.1 Å². The fourth-order valence-electron chi connectivity index (χ4n) is 0.522. The minimum absolute atomic E-state index is 1.40. The molecule has 1 rings (SSSR count). The van der Waals surface area contributed by atoms with Crippen molar-refractivity contribution in [1.29, 1.82) is 0 Å². The van der Waals surface area contributed by atoms with Crippen LogP contribution in [-0.2, 0) is 0 Å². The van der Waals surface area contributed by atoms with Crippen LogP contribution in [0.1, 0.15) is 0 Å². The molecule has 0 fully saturated rings. The van der Waals surface area contributed by atoms with Crippen molar-refractivity contribution in [3.05, 3.63) is 12.1 Å². The van der Waals surface area contributed by atoms with Gasteiger partial charge < -0.3 is 0 Å². The average Bonchev–Trinajstić information content (AvgIpc) is 2.14. The summed E-state index contributed by atoms with van der Waals surface area (Å²) in [5, 5.41) is 0. The van der Waals surface area contributed by atoms with Crippen molar-refractivity contribution in [1.82, 2.24) is 0 Å². The molecule has 38 valence electrons. The SMILES string of the molecule is [Li][c]1ccc(SC)s1. The van der Waals surface area contributed by atoms with Gasteiger partial charge in [-0.15, -0.1) is 0 Å². The second kappa shape index (κ2) is 2.98. The summed E-state index contributed by atoms with van der Waals surface area (Å²) in [6.45, 7) is 0. The molecule has 0 unspecified atom stereocenters. The Bertz CT molecular complexity index is 171. The van der Waals surface area contributed by atoms with Crippen LogP contribution in [0.2, 0.25) is 0 Å². The summed E-state index contributed by atoms with van der Waals surface area (Å²) in [7, 11) is 0. The molecule has 0 aliphatic rings. The summed E-state index contributed by atoms with van der Waals surface area (Å²) in [5.41, 5.74) is 0. The molecule has 0 aliphatic carbocycles. The molecule has 0 N–H and O–H groups in total. The Morgan fingerprint density at radius 1 is 1.62 bits per heavy atom. The maximum absolute atomic E-state index is 2.16. The second-order valence-electron chi connectivity index (χ2n) is 1.57. The van der Waals surface area contributed by atoms with Crippen LogP contribution in [0, 0.1) is 0 Å². The molecular formula is C5H5LiS2. The molecular weight excluding hydrogens is 131 g/mol. The molecule has 0 saturated carbocycles. The molecule has 1 aromatic heterocycles. The Labute approximate surface area is 66.9 Å². The summed E-state index contributed by atoms with van der Waals surface area (Å²) in [6, 6.07) is 4.31. The van der Waals surface area contributed by atoms with Crippen molar-refractivity contribution < 1.29 is 0 Å². The summed E-state index contributed by atoms with van der Waals surface area (Å²) in [6.07, 6.45) is 2.10. The first-order valence-electron chi connectivity index (χ1n) is 2.43. The third-order valence-electron chi connectivity index (χ3n) is 0.917. The Morgan fingerprint density at radius 3 is 2.62 bits per heavy atom. The molecule has 8 heavy (non-hydrogen) atoms. The van der Waals surface area contributed by atoms with Crippen LogP contribution in [0.3, 0.4) is 0 Å². The second-order valence-corrected chi connectivity index (χ2v) is 3.96. The number of rotatable bonds is 1. The van der Waals surface area contributed by atoms with Gasteiger partial charge in [0.05, 0.1) is 0 Å². The topological polar surface area (TPSA) is 0 Å². The van der Waals surface area contributed by atoms with E-state index in [1.807, 2.05) is 23.1 Å². The van der Waals surface area contributed by atoms with Crippen LogP contribution in [0.15, 0.2) is 16.3 Å². The van der Waals surface area contributed by atoms with Crippen molar-refractivity contribution in [2.24, 2.45) is 0 Å². The molecule has 0 atom stereocenters.